The predicted octanol–water partition coefficient (Wildman–Crippen LogP) is 2.76. The third kappa shape index (κ3) is 1.60. The number of halogens is 1. The monoisotopic (exact) mass is 267 g/mol. The highest BCUT2D eigenvalue weighted by Gasteiger charge is 2.04. The van der Waals surface area contributed by atoms with E-state index in [0.29, 0.717) is 0 Å². The van der Waals surface area contributed by atoms with Crippen LogP contribution in [0.4, 0.5) is 5.69 Å². The first-order valence-electron chi connectivity index (χ1n) is 3.92. The van der Waals surface area contributed by atoms with E-state index in [1.165, 1.54) is 5.49 Å². The fourth-order valence-corrected chi connectivity index (χ4v) is 1.86. The van der Waals surface area contributed by atoms with E-state index in [1.807, 2.05) is 12.1 Å². The zero-order valence-corrected chi connectivity index (χ0v) is 9.47. The summed E-state index contributed by atoms with van der Waals surface area (Å²) in [6.45, 7) is 0. The molecule has 2 aromatic rings. The Morgan fingerprint density at radius 2 is 2.07 bits per heavy atom. The lowest BCUT2D eigenvalue weighted by Crippen LogP contribution is -1.94. The Kier molecular flexibility index (Phi) is 2.69. The van der Waals surface area contributed by atoms with Crippen LogP contribution in [-0.2, 0) is 0 Å². The van der Waals surface area contributed by atoms with Gasteiger partial charge in [-0.25, -0.2) is 0 Å². The number of hydrogen-bond donors (Lipinski definition) is 1. The molecule has 2 rings (SSSR count). The molecule has 0 amide bonds. The summed E-state index contributed by atoms with van der Waals surface area (Å²) >= 11 is 8.17. The standard InChI is InChI=1S/C9H6BrN3S/c10-8-6(13-5-14)1-2-7-9(8)12-4-3-11-7/h1-5H,(H,13,14). The molecular weight excluding hydrogens is 262 g/mol. The largest absolute Gasteiger partial charge is 0.352 e. The molecule has 0 aliphatic carbocycles. The second kappa shape index (κ2) is 3.98. The summed E-state index contributed by atoms with van der Waals surface area (Å²) in [6.07, 6.45) is 3.33. The van der Waals surface area contributed by atoms with Crippen LogP contribution in [0.3, 0.4) is 0 Å². The molecule has 1 heterocycles. The molecule has 5 heteroatoms. The van der Waals surface area contributed by atoms with E-state index in [1.54, 1.807) is 12.4 Å². The summed E-state index contributed by atoms with van der Waals surface area (Å²) < 4.78 is 0.879. The lowest BCUT2D eigenvalue weighted by molar-refractivity contribution is 1.29. The Hall–Kier alpha value is -1.07. The molecule has 1 aromatic carbocycles. The third-order valence-corrected chi connectivity index (χ3v) is 2.71. The van der Waals surface area contributed by atoms with Gasteiger partial charge in [-0.15, -0.1) is 0 Å². The zero-order valence-electron chi connectivity index (χ0n) is 7.07. The van der Waals surface area contributed by atoms with Gasteiger partial charge in [-0.2, -0.15) is 0 Å². The number of fused-ring (bicyclic) bond motifs is 1. The zero-order chi connectivity index (χ0) is 9.97. The van der Waals surface area contributed by atoms with Crippen LogP contribution in [0.25, 0.3) is 11.0 Å². The first-order chi connectivity index (χ1) is 6.83. The molecular formula is C9H6BrN3S. The Bertz CT molecular complexity index is 486. The van der Waals surface area contributed by atoms with Crippen LogP contribution in [0.15, 0.2) is 29.0 Å². The van der Waals surface area contributed by atoms with Crippen molar-refractivity contribution >= 4 is 50.4 Å². The van der Waals surface area contributed by atoms with Gasteiger partial charge in [0, 0.05) is 12.4 Å². The Morgan fingerprint density at radius 3 is 2.86 bits per heavy atom. The smallest absolute Gasteiger partial charge is 0.105 e. The fraction of sp³-hybridized carbons (Fsp3) is 0. The van der Waals surface area contributed by atoms with Crippen molar-refractivity contribution in [2.75, 3.05) is 5.32 Å². The number of aromatic nitrogens is 2. The first kappa shape index (κ1) is 9.48. The second-order valence-corrected chi connectivity index (χ2v) is 3.64. The van der Waals surface area contributed by atoms with Gasteiger partial charge in [0.2, 0.25) is 0 Å². The first-order valence-corrected chi connectivity index (χ1v) is 5.19. The van der Waals surface area contributed by atoms with Gasteiger partial charge in [-0.05, 0) is 28.1 Å². The van der Waals surface area contributed by atoms with Crippen LogP contribution >= 0.6 is 28.1 Å². The highest BCUT2D eigenvalue weighted by molar-refractivity contribution is 9.10. The number of nitrogens with one attached hydrogen (secondary N) is 1. The maximum Gasteiger partial charge on any atom is 0.105 e. The number of rotatable bonds is 2. The molecule has 0 spiro atoms. The van der Waals surface area contributed by atoms with E-state index in [4.69, 9.17) is 12.2 Å². The summed E-state index contributed by atoms with van der Waals surface area (Å²) in [7, 11) is 0. The highest BCUT2D eigenvalue weighted by Crippen LogP contribution is 2.28. The molecule has 3 nitrogen and oxygen atoms in total. The van der Waals surface area contributed by atoms with Crippen molar-refractivity contribution in [3.05, 3.63) is 29.0 Å². The molecule has 0 aliphatic rings. The van der Waals surface area contributed by atoms with Crippen molar-refractivity contribution in [2.45, 2.75) is 0 Å². The average molecular weight is 268 g/mol. The molecule has 0 saturated carbocycles. The van der Waals surface area contributed by atoms with Gasteiger partial charge >= 0.3 is 0 Å². The second-order valence-electron chi connectivity index (χ2n) is 2.61. The molecule has 0 radical (unpaired) electrons. The van der Waals surface area contributed by atoms with Crippen LogP contribution in [0.1, 0.15) is 0 Å². The van der Waals surface area contributed by atoms with Crippen LogP contribution in [0.5, 0.6) is 0 Å². The minimum atomic E-state index is 0.828. The molecule has 0 bridgehead atoms. The van der Waals surface area contributed by atoms with Crippen LogP contribution < -0.4 is 5.32 Å². The van der Waals surface area contributed by atoms with Gasteiger partial charge in [0.15, 0.2) is 0 Å². The molecule has 0 fully saturated rings. The summed E-state index contributed by atoms with van der Waals surface area (Å²) in [5, 5.41) is 2.94. The lowest BCUT2D eigenvalue weighted by Gasteiger charge is -2.05. The van der Waals surface area contributed by atoms with Crippen molar-refractivity contribution in [2.24, 2.45) is 0 Å². The minimum Gasteiger partial charge on any atom is -0.352 e. The van der Waals surface area contributed by atoms with Gasteiger partial charge in [0.05, 0.1) is 21.2 Å². The molecule has 0 unspecified atom stereocenters. The van der Waals surface area contributed by atoms with E-state index in [0.717, 1.165) is 21.2 Å². The molecule has 1 aromatic heterocycles. The number of benzene rings is 1. The highest BCUT2D eigenvalue weighted by atomic mass is 79.9. The maximum absolute atomic E-state index is 4.72. The van der Waals surface area contributed by atoms with Crippen molar-refractivity contribution in [3.8, 4) is 0 Å². The van der Waals surface area contributed by atoms with Gasteiger partial charge in [-0.1, -0.05) is 12.2 Å². The maximum atomic E-state index is 4.72. The molecule has 0 aliphatic heterocycles. The quantitative estimate of drug-likeness (QED) is 0.850. The summed E-state index contributed by atoms with van der Waals surface area (Å²) in [5.74, 6) is 0. The van der Waals surface area contributed by atoms with Gasteiger partial charge < -0.3 is 5.32 Å². The Balaban J connectivity index is 2.68. The summed E-state index contributed by atoms with van der Waals surface area (Å²) in [4.78, 5) is 8.41. The molecule has 70 valence electrons. The van der Waals surface area contributed by atoms with Gasteiger partial charge in [0.1, 0.15) is 5.52 Å². The van der Waals surface area contributed by atoms with E-state index >= 15 is 0 Å². The van der Waals surface area contributed by atoms with Crippen LogP contribution in [0, 0.1) is 0 Å². The molecule has 1 N–H and O–H groups in total. The number of hydrogen-bond acceptors (Lipinski definition) is 3. The predicted molar refractivity (Wildman–Crippen MR) is 64.5 cm³/mol. The molecule has 14 heavy (non-hydrogen) atoms. The van der Waals surface area contributed by atoms with Crippen LogP contribution in [-0.4, -0.2) is 15.5 Å². The van der Waals surface area contributed by atoms with E-state index < -0.39 is 0 Å². The van der Waals surface area contributed by atoms with Crippen molar-refractivity contribution in [1.82, 2.24) is 9.97 Å². The fourth-order valence-electron chi connectivity index (χ4n) is 1.18. The lowest BCUT2D eigenvalue weighted by atomic mass is 10.2. The van der Waals surface area contributed by atoms with Gasteiger partial charge in [-0.3, -0.25) is 9.97 Å². The topological polar surface area (TPSA) is 37.8 Å². The molecule has 0 saturated heterocycles. The van der Waals surface area contributed by atoms with Crippen LogP contribution in [0.2, 0.25) is 0 Å². The van der Waals surface area contributed by atoms with Crippen molar-refractivity contribution in [3.63, 3.8) is 0 Å². The number of thiocarbonyl (C=S) groups is 1. The van der Waals surface area contributed by atoms with Crippen molar-refractivity contribution in [1.29, 1.82) is 0 Å². The summed E-state index contributed by atoms with van der Waals surface area (Å²) in [5.41, 5.74) is 4.04. The van der Waals surface area contributed by atoms with E-state index in [2.05, 4.69) is 31.2 Å². The van der Waals surface area contributed by atoms with E-state index in [9.17, 15) is 0 Å². The SMILES string of the molecule is S=CNc1ccc2nccnc2c1Br. The molecule has 0 atom stereocenters. The minimum absolute atomic E-state index is 0.828. The third-order valence-electron chi connectivity index (χ3n) is 1.79. The van der Waals surface area contributed by atoms with Gasteiger partial charge in [0.25, 0.3) is 0 Å². The normalized spacial score (nSPS) is 10.1. The Labute approximate surface area is 94.7 Å². The number of nitrogens with zero attached hydrogens (tertiary/aromatic N) is 2. The average Bonchev–Trinajstić information content (AvgIpc) is 2.23. The summed E-state index contributed by atoms with van der Waals surface area (Å²) in [6, 6.07) is 3.80. The van der Waals surface area contributed by atoms with Crippen molar-refractivity contribution < 1.29 is 0 Å². The van der Waals surface area contributed by atoms with E-state index in [-0.39, 0.29) is 0 Å². The Morgan fingerprint density at radius 1 is 1.29 bits per heavy atom. The number of anilines is 1.